The summed E-state index contributed by atoms with van der Waals surface area (Å²) in [6.07, 6.45) is 0. The van der Waals surface area contributed by atoms with E-state index in [-0.39, 0.29) is 20.2 Å². The number of rotatable bonds is 5. The lowest BCUT2D eigenvalue weighted by Crippen LogP contribution is -2.13. The van der Waals surface area contributed by atoms with Crippen LogP contribution in [0.25, 0.3) is 0 Å². The number of anilines is 2. The van der Waals surface area contributed by atoms with Crippen LogP contribution in [0.1, 0.15) is 15.9 Å². The zero-order valence-corrected chi connectivity index (χ0v) is 16.1. The minimum absolute atomic E-state index is 0.0285. The number of aromatic nitrogens is 2. The molecule has 0 aliphatic carbocycles. The van der Waals surface area contributed by atoms with E-state index in [1.165, 1.54) is 6.07 Å². The zero-order valence-electron chi connectivity index (χ0n) is 13.7. The molecular formula is C16H12ClFN4O3S2. The molecular weight excluding hydrogens is 415 g/mol. The number of nitrogens with zero attached hydrogens (tertiary/aromatic N) is 2. The molecule has 0 saturated heterocycles. The Balaban J connectivity index is 1.77. The Kier molecular flexibility index (Phi) is 5.40. The summed E-state index contributed by atoms with van der Waals surface area (Å²) in [4.78, 5) is 12.3. The fourth-order valence-corrected chi connectivity index (χ4v) is 4.25. The summed E-state index contributed by atoms with van der Waals surface area (Å²) in [5.41, 5.74) is 1.28. The van der Waals surface area contributed by atoms with Gasteiger partial charge in [-0.15, -0.1) is 10.2 Å². The lowest BCUT2D eigenvalue weighted by Gasteiger charge is -2.05. The quantitative estimate of drug-likeness (QED) is 0.606. The number of nitrogens with one attached hydrogen (secondary N) is 2. The topological polar surface area (TPSA) is 101 Å². The van der Waals surface area contributed by atoms with Gasteiger partial charge in [-0.25, -0.2) is 4.39 Å². The van der Waals surface area contributed by atoms with Gasteiger partial charge in [-0.2, -0.15) is 8.42 Å². The van der Waals surface area contributed by atoms with Crippen molar-refractivity contribution in [3.05, 3.63) is 64.4 Å². The monoisotopic (exact) mass is 426 g/mol. The van der Waals surface area contributed by atoms with Crippen LogP contribution >= 0.6 is 22.9 Å². The van der Waals surface area contributed by atoms with E-state index in [2.05, 4.69) is 20.2 Å². The highest BCUT2D eigenvalue weighted by Crippen LogP contribution is 2.25. The highest BCUT2D eigenvalue weighted by molar-refractivity contribution is 7.94. The number of hydrogen-bond donors (Lipinski definition) is 2. The van der Waals surface area contributed by atoms with E-state index in [1.807, 2.05) is 0 Å². The predicted octanol–water partition coefficient (Wildman–Crippen LogP) is 3.69. The van der Waals surface area contributed by atoms with Crippen LogP contribution in [0.15, 0.2) is 46.8 Å². The molecule has 1 amide bonds. The Bertz CT molecular complexity index is 1120. The van der Waals surface area contributed by atoms with Gasteiger partial charge < -0.3 is 0 Å². The molecule has 1 aromatic heterocycles. The standard InChI is InChI=1S/C16H12ClFN4O3S2/c1-9-4-2-3-5-11(9)14(23)19-15-20-21-16(26-15)27(24,25)22-10-6-7-13(18)12(17)8-10/h2-8,22H,1H3,(H,19,20,23). The molecule has 0 spiro atoms. The summed E-state index contributed by atoms with van der Waals surface area (Å²) < 4.78 is 39.8. The third kappa shape index (κ3) is 4.41. The maximum absolute atomic E-state index is 13.2. The lowest BCUT2D eigenvalue weighted by atomic mass is 10.1. The molecule has 3 aromatic rings. The molecule has 0 bridgehead atoms. The van der Waals surface area contributed by atoms with Crippen molar-refractivity contribution >= 4 is 49.7 Å². The number of aryl methyl sites for hydroxylation is 1. The van der Waals surface area contributed by atoms with Crippen molar-refractivity contribution in [2.24, 2.45) is 0 Å². The highest BCUT2D eigenvalue weighted by atomic mass is 35.5. The first kappa shape index (κ1) is 19.2. The first-order chi connectivity index (χ1) is 12.8. The number of benzene rings is 2. The average Bonchev–Trinajstić information content (AvgIpc) is 3.08. The van der Waals surface area contributed by atoms with Gasteiger partial charge in [-0.1, -0.05) is 41.1 Å². The van der Waals surface area contributed by atoms with Crippen molar-refractivity contribution in [1.29, 1.82) is 0 Å². The van der Waals surface area contributed by atoms with Gasteiger partial charge in [0.25, 0.3) is 20.3 Å². The summed E-state index contributed by atoms with van der Waals surface area (Å²) >= 11 is 6.32. The second-order valence-electron chi connectivity index (χ2n) is 5.38. The van der Waals surface area contributed by atoms with E-state index >= 15 is 0 Å². The Morgan fingerprint density at radius 2 is 1.93 bits per heavy atom. The SMILES string of the molecule is Cc1ccccc1C(=O)Nc1nnc(S(=O)(=O)Nc2ccc(F)c(Cl)c2)s1. The van der Waals surface area contributed by atoms with E-state index < -0.39 is 21.7 Å². The van der Waals surface area contributed by atoms with Crippen LogP contribution in [0.3, 0.4) is 0 Å². The molecule has 0 saturated carbocycles. The molecule has 140 valence electrons. The molecule has 2 aromatic carbocycles. The van der Waals surface area contributed by atoms with E-state index in [1.54, 1.807) is 31.2 Å². The van der Waals surface area contributed by atoms with Crippen molar-refractivity contribution < 1.29 is 17.6 Å². The van der Waals surface area contributed by atoms with Crippen LogP contribution < -0.4 is 10.0 Å². The molecule has 11 heteroatoms. The van der Waals surface area contributed by atoms with Crippen LogP contribution in [-0.2, 0) is 10.0 Å². The fraction of sp³-hybridized carbons (Fsp3) is 0.0625. The lowest BCUT2D eigenvalue weighted by molar-refractivity contribution is 0.102. The summed E-state index contributed by atoms with van der Waals surface area (Å²) in [7, 11) is -4.07. The van der Waals surface area contributed by atoms with Gasteiger partial charge in [0.2, 0.25) is 5.13 Å². The smallest absolute Gasteiger partial charge is 0.291 e. The molecule has 1 heterocycles. The number of carbonyl (C=O) groups is 1. The molecule has 0 radical (unpaired) electrons. The molecule has 0 atom stereocenters. The second kappa shape index (κ2) is 7.59. The molecule has 7 nitrogen and oxygen atoms in total. The third-order valence-corrected chi connectivity index (χ3v) is 6.30. The first-order valence-corrected chi connectivity index (χ1v) is 10.1. The summed E-state index contributed by atoms with van der Waals surface area (Å²) in [5, 5.41) is 9.59. The van der Waals surface area contributed by atoms with Crippen LogP contribution in [0.5, 0.6) is 0 Å². The predicted molar refractivity (Wildman–Crippen MR) is 101 cm³/mol. The molecule has 0 fully saturated rings. The van der Waals surface area contributed by atoms with Crippen molar-refractivity contribution in [2.45, 2.75) is 11.3 Å². The highest BCUT2D eigenvalue weighted by Gasteiger charge is 2.22. The van der Waals surface area contributed by atoms with Gasteiger partial charge in [-0.3, -0.25) is 14.8 Å². The number of halogens is 2. The minimum Gasteiger partial charge on any atom is -0.296 e. The van der Waals surface area contributed by atoms with Crippen LogP contribution in [0.4, 0.5) is 15.2 Å². The normalized spacial score (nSPS) is 11.2. The number of amides is 1. The van der Waals surface area contributed by atoms with E-state index in [9.17, 15) is 17.6 Å². The number of sulfonamides is 1. The Morgan fingerprint density at radius 1 is 1.19 bits per heavy atom. The maximum Gasteiger partial charge on any atom is 0.291 e. The summed E-state index contributed by atoms with van der Waals surface area (Å²) in [5.74, 6) is -1.09. The average molecular weight is 427 g/mol. The Labute approximate surface area is 163 Å². The van der Waals surface area contributed by atoms with Crippen molar-refractivity contribution in [3.8, 4) is 0 Å². The largest absolute Gasteiger partial charge is 0.296 e. The van der Waals surface area contributed by atoms with Gasteiger partial charge in [0.15, 0.2) is 0 Å². The van der Waals surface area contributed by atoms with Crippen LogP contribution in [0, 0.1) is 12.7 Å². The molecule has 2 N–H and O–H groups in total. The van der Waals surface area contributed by atoms with E-state index in [0.717, 1.165) is 17.7 Å². The zero-order chi connectivity index (χ0) is 19.6. The maximum atomic E-state index is 13.2. The van der Waals surface area contributed by atoms with Crippen molar-refractivity contribution in [1.82, 2.24) is 10.2 Å². The number of hydrogen-bond acceptors (Lipinski definition) is 6. The van der Waals surface area contributed by atoms with Crippen molar-refractivity contribution in [3.63, 3.8) is 0 Å². The summed E-state index contributed by atoms with van der Waals surface area (Å²) in [6, 6.07) is 10.3. The Morgan fingerprint density at radius 3 is 2.63 bits per heavy atom. The van der Waals surface area contributed by atoms with Gasteiger partial charge >= 0.3 is 0 Å². The molecule has 0 aliphatic rings. The third-order valence-electron chi connectivity index (χ3n) is 3.42. The molecule has 27 heavy (non-hydrogen) atoms. The van der Waals surface area contributed by atoms with Crippen LogP contribution in [-0.4, -0.2) is 24.5 Å². The van der Waals surface area contributed by atoms with Crippen molar-refractivity contribution in [2.75, 3.05) is 10.0 Å². The van der Waals surface area contributed by atoms with Gasteiger partial charge in [0.05, 0.1) is 10.7 Å². The van der Waals surface area contributed by atoms with Gasteiger partial charge in [0.1, 0.15) is 5.82 Å². The van der Waals surface area contributed by atoms with Crippen LogP contribution in [0.2, 0.25) is 5.02 Å². The number of carbonyl (C=O) groups excluding carboxylic acids is 1. The van der Waals surface area contributed by atoms with Gasteiger partial charge in [0, 0.05) is 5.56 Å². The van der Waals surface area contributed by atoms with Gasteiger partial charge in [-0.05, 0) is 36.8 Å². The molecule has 3 rings (SSSR count). The fourth-order valence-electron chi connectivity index (χ4n) is 2.12. The molecule has 0 unspecified atom stereocenters. The summed E-state index contributed by atoms with van der Waals surface area (Å²) in [6.45, 7) is 1.78. The molecule has 0 aliphatic heterocycles. The van der Waals surface area contributed by atoms with E-state index in [0.29, 0.717) is 16.9 Å². The minimum atomic E-state index is -4.07. The first-order valence-electron chi connectivity index (χ1n) is 7.44. The Hall–Kier alpha value is -2.56. The van der Waals surface area contributed by atoms with E-state index in [4.69, 9.17) is 11.6 Å². The second-order valence-corrected chi connectivity index (χ2v) is 8.62.